The topological polar surface area (TPSA) is 59.8 Å². The fourth-order valence-corrected chi connectivity index (χ4v) is 3.52. The maximum atomic E-state index is 12.3. The number of carbonyl (C=O) groups is 1. The van der Waals surface area contributed by atoms with Gasteiger partial charge in [-0.15, -0.1) is 16.8 Å². The standard InChI is InChI=1S/C20H28N4OS/c1-6-11-24-16(5)22-23-20(24)26-13-19(25)21-15(4)18-9-7-17(8-10-18)12-14(2)3/h6-10,14-15H,1,11-13H2,2-5H3,(H,21,25). The third-order valence-corrected chi connectivity index (χ3v) is 5.01. The molecular formula is C20H28N4OS. The molecule has 1 atom stereocenters. The van der Waals surface area contributed by atoms with E-state index >= 15 is 0 Å². The molecule has 0 bridgehead atoms. The van der Waals surface area contributed by atoms with Crippen LogP contribution in [0.1, 0.15) is 43.8 Å². The molecule has 1 unspecified atom stereocenters. The Morgan fingerprint density at radius 1 is 1.27 bits per heavy atom. The fourth-order valence-electron chi connectivity index (χ4n) is 2.72. The zero-order chi connectivity index (χ0) is 19.1. The van der Waals surface area contributed by atoms with Crippen molar-refractivity contribution < 1.29 is 4.79 Å². The van der Waals surface area contributed by atoms with Crippen LogP contribution in [0.5, 0.6) is 0 Å². The van der Waals surface area contributed by atoms with Gasteiger partial charge in [-0.1, -0.05) is 56.0 Å². The highest BCUT2D eigenvalue weighted by Crippen LogP contribution is 2.18. The summed E-state index contributed by atoms with van der Waals surface area (Å²) in [5, 5.41) is 12.0. The van der Waals surface area contributed by atoms with Gasteiger partial charge in [0.1, 0.15) is 5.82 Å². The zero-order valence-corrected chi connectivity index (χ0v) is 16.8. The van der Waals surface area contributed by atoms with Gasteiger partial charge in [-0.3, -0.25) is 4.79 Å². The predicted octanol–water partition coefficient (Wildman–Crippen LogP) is 3.94. The van der Waals surface area contributed by atoms with Crippen molar-refractivity contribution in [2.75, 3.05) is 5.75 Å². The van der Waals surface area contributed by atoms with Gasteiger partial charge in [0.05, 0.1) is 11.8 Å². The molecule has 1 amide bonds. The number of nitrogens with one attached hydrogen (secondary N) is 1. The quantitative estimate of drug-likeness (QED) is 0.535. The highest BCUT2D eigenvalue weighted by atomic mass is 32.2. The number of rotatable bonds is 9. The van der Waals surface area contributed by atoms with Gasteiger partial charge in [-0.25, -0.2) is 0 Å². The number of allylic oxidation sites excluding steroid dienone is 1. The molecule has 1 aromatic heterocycles. The number of nitrogens with zero attached hydrogens (tertiary/aromatic N) is 3. The molecule has 26 heavy (non-hydrogen) atoms. The minimum Gasteiger partial charge on any atom is -0.349 e. The number of carbonyl (C=O) groups excluding carboxylic acids is 1. The van der Waals surface area contributed by atoms with E-state index in [1.165, 1.54) is 17.3 Å². The molecular weight excluding hydrogens is 344 g/mol. The lowest BCUT2D eigenvalue weighted by Gasteiger charge is -2.15. The Morgan fingerprint density at radius 2 is 1.96 bits per heavy atom. The molecule has 0 fully saturated rings. The summed E-state index contributed by atoms with van der Waals surface area (Å²) in [5.41, 5.74) is 2.44. The Balaban J connectivity index is 1.88. The highest BCUT2D eigenvalue weighted by molar-refractivity contribution is 7.99. The first-order valence-corrected chi connectivity index (χ1v) is 9.91. The predicted molar refractivity (Wildman–Crippen MR) is 107 cm³/mol. The maximum absolute atomic E-state index is 12.3. The molecule has 0 radical (unpaired) electrons. The summed E-state index contributed by atoms with van der Waals surface area (Å²) < 4.78 is 1.95. The van der Waals surface area contributed by atoms with Gasteiger partial charge in [0.2, 0.25) is 5.91 Å². The van der Waals surface area contributed by atoms with E-state index in [1.807, 2.05) is 18.4 Å². The Labute approximate surface area is 160 Å². The average Bonchev–Trinajstić information content (AvgIpc) is 2.94. The first kappa shape index (κ1) is 20.2. The van der Waals surface area contributed by atoms with Crippen molar-refractivity contribution in [3.8, 4) is 0 Å². The van der Waals surface area contributed by atoms with Crippen molar-refractivity contribution in [1.82, 2.24) is 20.1 Å². The summed E-state index contributed by atoms with van der Waals surface area (Å²) in [7, 11) is 0. The molecule has 140 valence electrons. The van der Waals surface area contributed by atoms with Crippen molar-refractivity contribution in [1.29, 1.82) is 0 Å². The van der Waals surface area contributed by atoms with E-state index in [1.54, 1.807) is 6.08 Å². The van der Waals surface area contributed by atoms with Crippen LogP contribution in [-0.2, 0) is 17.8 Å². The van der Waals surface area contributed by atoms with E-state index in [0.717, 1.165) is 23.0 Å². The van der Waals surface area contributed by atoms with E-state index in [9.17, 15) is 4.79 Å². The number of hydrogen-bond donors (Lipinski definition) is 1. The minimum atomic E-state index is -0.0241. The highest BCUT2D eigenvalue weighted by Gasteiger charge is 2.13. The van der Waals surface area contributed by atoms with Crippen LogP contribution in [0.4, 0.5) is 0 Å². The first-order valence-electron chi connectivity index (χ1n) is 8.92. The van der Waals surface area contributed by atoms with Crippen LogP contribution in [-0.4, -0.2) is 26.4 Å². The second-order valence-electron chi connectivity index (χ2n) is 6.85. The van der Waals surface area contributed by atoms with E-state index in [-0.39, 0.29) is 11.9 Å². The summed E-state index contributed by atoms with van der Waals surface area (Å²) in [4.78, 5) is 12.3. The lowest BCUT2D eigenvalue weighted by Crippen LogP contribution is -2.28. The number of amides is 1. The molecule has 0 aliphatic carbocycles. The van der Waals surface area contributed by atoms with Crippen LogP contribution in [0, 0.1) is 12.8 Å². The summed E-state index contributed by atoms with van der Waals surface area (Å²) >= 11 is 1.39. The molecule has 0 aliphatic rings. The molecule has 1 aromatic carbocycles. The third-order valence-electron chi connectivity index (χ3n) is 4.05. The lowest BCUT2D eigenvalue weighted by molar-refractivity contribution is -0.119. The molecule has 2 rings (SSSR count). The number of aryl methyl sites for hydroxylation is 1. The van der Waals surface area contributed by atoms with E-state index < -0.39 is 0 Å². The van der Waals surface area contributed by atoms with Crippen LogP contribution in [0.2, 0.25) is 0 Å². The molecule has 0 spiro atoms. The van der Waals surface area contributed by atoms with Gasteiger partial charge >= 0.3 is 0 Å². The SMILES string of the molecule is C=CCn1c(C)nnc1SCC(=O)NC(C)c1ccc(CC(C)C)cc1. The number of hydrogen-bond acceptors (Lipinski definition) is 4. The van der Waals surface area contributed by atoms with Gasteiger partial charge < -0.3 is 9.88 Å². The van der Waals surface area contributed by atoms with Crippen LogP contribution in [0.15, 0.2) is 42.1 Å². The van der Waals surface area contributed by atoms with E-state index in [4.69, 9.17) is 0 Å². The van der Waals surface area contributed by atoms with Gasteiger partial charge in [0.15, 0.2) is 5.16 Å². The smallest absolute Gasteiger partial charge is 0.230 e. The molecule has 0 saturated heterocycles. The summed E-state index contributed by atoms with van der Waals surface area (Å²) in [6, 6.07) is 8.46. The number of thioether (sulfide) groups is 1. The molecule has 1 heterocycles. The summed E-state index contributed by atoms with van der Waals surface area (Å²) in [6.45, 7) is 12.7. The zero-order valence-electron chi connectivity index (χ0n) is 16.0. The Bertz CT molecular complexity index is 737. The largest absolute Gasteiger partial charge is 0.349 e. The van der Waals surface area contributed by atoms with Crippen LogP contribution in [0.3, 0.4) is 0 Å². The maximum Gasteiger partial charge on any atom is 0.230 e. The monoisotopic (exact) mass is 372 g/mol. The molecule has 2 aromatic rings. The molecule has 0 saturated carbocycles. The summed E-state index contributed by atoms with van der Waals surface area (Å²) in [5.74, 6) is 1.76. The minimum absolute atomic E-state index is 0.0143. The van der Waals surface area contributed by atoms with E-state index in [2.05, 4.69) is 60.2 Å². The van der Waals surface area contributed by atoms with Gasteiger partial charge in [0.25, 0.3) is 0 Å². The van der Waals surface area contributed by atoms with Crippen LogP contribution >= 0.6 is 11.8 Å². The van der Waals surface area contributed by atoms with Crippen LogP contribution in [0.25, 0.3) is 0 Å². The van der Waals surface area contributed by atoms with Crippen LogP contribution < -0.4 is 5.32 Å². The molecule has 0 aliphatic heterocycles. The Kier molecular flexibility index (Phi) is 7.45. The third kappa shape index (κ3) is 5.73. The second kappa shape index (κ2) is 9.57. The lowest BCUT2D eigenvalue weighted by atomic mass is 10.00. The number of aromatic nitrogens is 3. The van der Waals surface area contributed by atoms with Crippen molar-refractivity contribution in [2.24, 2.45) is 5.92 Å². The molecule has 6 heteroatoms. The Hall–Kier alpha value is -2.08. The van der Waals surface area contributed by atoms with Gasteiger partial charge in [0, 0.05) is 6.54 Å². The van der Waals surface area contributed by atoms with Gasteiger partial charge in [-0.2, -0.15) is 0 Å². The van der Waals surface area contributed by atoms with Crippen molar-refractivity contribution in [3.63, 3.8) is 0 Å². The number of benzene rings is 1. The van der Waals surface area contributed by atoms with Crippen molar-refractivity contribution in [2.45, 2.75) is 51.9 Å². The first-order chi connectivity index (χ1) is 12.4. The second-order valence-corrected chi connectivity index (χ2v) is 7.79. The molecule has 1 N–H and O–H groups in total. The molecule has 5 nitrogen and oxygen atoms in total. The van der Waals surface area contributed by atoms with Gasteiger partial charge in [-0.05, 0) is 37.3 Å². The Morgan fingerprint density at radius 3 is 2.58 bits per heavy atom. The normalized spacial score (nSPS) is 12.2. The van der Waals surface area contributed by atoms with Crippen molar-refractivity contribution in [3.05, 3.63) is 53.9 Å². The van der Waals surface area contributed by atoms with E-state index in [0.29, 0.717) is 18.2 Å². The fraction of sp³-hybridized carbons (Fsp3) is 0.450. The summed E-state index contributed by atoms with van der Waals surface area (Å²) in [6.07, 6.45) is 2.87. The average molecular weight is 373 g/mol. The van der Waals surface area contributed by atoms with Crippen molar-refractivity contribution >= 4 is 17.7 Å².